The number of benzene rings is 1. The molecule has 4 heteroatoms. The van der Waals surface area contributed by atoms with Crippen LogP contribution in [0.3, 0.4) is 0 Å². The van der Waals surface area contributed by atoms with E-state index in [1.807, 2.05) is 18.2 Å². The Hall–Kier alpha value is -2.49. The number of hydrogen-bond acceptors (Lipinski definition) is 3. The van der Waals surface area contributed by atoms with Gasteiger partial charge in [-0.05, 0) is 22.9 Å². The summed E-state index contributed by atoms with van der Waals surface area (Å²) >= 11 is 0. The third kappa shape index (κ3) is 1.12. The molecule has 86 valence electrons. The first-order valence-corrected chi connectivity index (χ1v) is 5.67. The summed E-state index contributed by atoms with van der Waals surface area (Å²) in [6.07, 6.45) is 7.35. The van der Waals surface area contributed by atoms with Gasteiger partial charge in [-0.1, -0.05) is 6.07 Å². The molecular formula is C14H8N2O2. The van der Waals surface area contributed by atoms with E-state index in [0.717, 1.165) is 27.3 Å². The van der Waals surface area contributed by atoms with E-state index in [2.05, 4.69) is 9.98 Å². The number of fused-ring (bicyclic) bond motifs is 4. The number of aliphatic imine (C=N–C) groups is 2. The summed E-state index contributed by atoms with van der Waals surface area (Å²) in [6.45, 7) is 0. The number of nitrogens with zero attached hydrogens (tertiary/aromatic N) is 2. The lowest BCUT2D eigenvalue weighted by atomic mass is 10.1. The Morgan fingerprint density at radius 3 is 3.17 bits per heavy atom. The lowest BCUT2D eigenvalue weighted by molar-refractivity contribution is -0.112. The summed E-state index contributed by atoms with van der Waals surface area (Å²) < 4.78 is 5.49. The van der Waals surface area contributed by atoms with Gasteiger partial charge in [-0.25, -0.2) is 9.98 Å². The second-order valence-electron chi connectivity index (χ2n) is 4.34. The molecule has 0 spiro atoms. The predicted molar refractivity (Wildman–Crippen MR) is 68.0 cm³/mol. The van der Waals surface area contributed by atoms with Crippen LogP contribution >= 0.6 is 0 Å². The van der Waals surface area contributed by atoms with Crippen molar-refractivity contribution in [3.63, 3.8) is 0 Å². The number of carbonyl (C=O) groups excluding carboxylic acids is 1. The lowest BCUT2D eigenvalue weighted by Gasteiger charge is -2.08. The zero-order valence-electron chi connectivity index (χ0n) is 9.38. The normalized spacial score (nSPS) is 18.6. The molecule has 0 radical (unpaired) electrons. The second-order valence-corrected chi connectivity index (χ2v) is 4.34. The maximum absolute atomic E-state index is 11.9. The van der Waals surface area contributed by atoms with Crippen LogP contribution in [0.1, 0.15) is 5.56 Å². The first kappa shape index (κ1) is 9.53. The molecule has 0 aromatic heterocycles. The quantitative estimate of drug-likeness (QED) is 0.641. The lowest BCUT2D eigenvalue weighted by Crippen LogP contribution is -2.20. The maximum atomic E-state index is 11.9. The van der Waals surface area contributed by atoms with Gasteiger partial charge in [0.25, 0.3) is 5.91 Å². The van der Waals surface area contributed by atoms with Crippen molar-refractivity contribution in [1.82, 2.24) is 0 Å². The standard InChI is InChI=1S/C14H8N2O2/c17-14-12-8(3-4-16-14)5-11-10(12)2-1-9-6-15-7-18-13(9)11/h1-4,6-7H,5H2. The second kappa shape index (κ2) is 3.26. The van der Waals surface area contributed by atoms with Crippen molar-refractivity contribution in [2.45, 2.75) is 6.42 Å². The van der Waals surface area contributed by atoms with Gasteiger partial charge in [0.1, 0.15) is 5.75 Å². The number of ether oxygens (including phenoxy) is 1. The molecule has 1 amide bonds. The smallest absolute Gasteiger partial charge is 0.277 e. The highest BCUT2D eigenvalue weighted by molar-refractivity contribution is 6.25. The van der Waals surface area contributed by atoms with Crippen molar-refractivity contribution in [3.05, 3.63) is 39.8 Å². The molecule has 1 aromatic carbocycles. The summed E-state index contributed by atoms with van der Waals surface area (Å²) in [4.78, 5) is 19.7. The van der Waals surface area contributed by atoms with Gasteiger partial charge in [-0.3, -0.25) is 4.79 Å². The van der Waals surface area contributed by atoms with Crippen LogP contribution in [0.25, 0.3) is 11.8 Å². The highest BCUT2D eigenvalue weighted by Gasteiger charge is 2.27. The molecular weight excluding hydrogens is 228 g/mol. The maximum Gasteiger partial charge on any atom is 0.277 e. The topological polar surface area (TPSA) is 51.0 Å². The Morgan fingerprint density at radius 1 is 1.28 bits per heavy atom. The van der Waals surface area contributed by atoms with Gasteiger partial charge < -0.3 is 4.74 Å². The fraction of sp³-hybridized carbons (Fsp3) is 0.0714. The van der Waals surface area contributed by atoms with Crippen molar-refractivity contribution in [2.24, 2.45) is 9.98 Å². The first-order chi connectivity index (χ1) is 8.84. The molecule has 0 atom stereocenters. The first-order valence-electron chi connectivity index (χ1n) is 5.67. The number of rotatable bonds is 0. The van der Waals surface area contributed by atoms with E-state index in [1.54, 1.807) is 12.4 Å². The zero-order chi connectivity index (χ0) is 12.1. The number of allylic oxidation sites excluding steroid dienone is 1. The average Bonchev–Trinajstić information content (AvgIpc) is 2.79. The molecule has 4 rings (SSSR count). The average molecular weight is 236 g/mol. The number of hydrogen-bond donors (Lipinski definition) is 0. The van der Waals surface area contributed by atoms with E-state index in [4.69, 9.17) is 4.74 Å². The predicted octanol–water partition coefficient (Wildman–Crippen LogP) is 0.0895. The Labute approximate surface area is 102 Å². The molecule has 4 nitrogen and oxygen atoms in total. The van der Waals surface area contributed by atoms with Gasteiger partial charge in [-0.2, -0.15) is 0 Å². The van der Waals surface area contributed by atoms with Crippen LogP contribution in [0.5, 0.6) is 5.75 Å². The summed E-state index contributed by atoms with van der Waals surface area (Å²) in [5, 5.41) is 1.88. The molecule has 18 heavy (non-hydrogen) atoms. The molecule has 0 bridgehead atoms. The third-order valence-electron chi connectivity index (χ3n) is 3.38. The molecule has 0 fully saturated rings. The van der Waals surface area contributed by atoms with E-state index in [-0.39, 0.29) is 5.91 Å². The largest absolute Gasteiger partial charge is 0.445 e. The minimum Gasteiger partial charge on any atom is -0.445 e. The van der Waals surface area contributed by atoms with Crippen LogP contribution < -0.4 is 15.2 Å². The van der Waals surface area contributed by atoms with Gasteiger partial charge in [0, 0.05) is 29.6 Å². The number of amides is 1. The molecule has 0 saturated carbocycles. The molecule has 0 saturated heterocycles. The van der Waals surface area contributed by atoms with E-state index in [1.165, 1.54) is 6.40 Å². The van der Waals surface area contributed by atoms with E-state index < -0.39 is 0 Å². The van der Waals surface area contributed by atoms with Crippen molar-refractivity contribution in [1.29, 1.82) is 0 Å². The number of dihydropyridines is 1. The Kier molecular flexibility index (Phi) is 1.73. The van der Waals surface area contributed by atoms with Crippen LogP contribution in [0.2, 0.25) is 0 Å². The van der Waals surface area contributed by atoms with Gasteiger partial charge in [0.2, 0.25) is 0 Å². The van der Waals surface area contributed by atoms with E-state index in [0.29, 0.717) is 12.0 Å². The number of carbonyl (C=O) groups is 1. The molecule has 1 aliphatic carbocycles. The summed E-state index contributed by atoms with van der Waals surface area (Å²) in [7, 11) is 0. The summed E-state index contributed by atoms with van der Waals surface area (Å²) in [5.41, 5.74) is 2.78. The van der Waals surface area contributed by atoms with Crippen LogP contribution in [0, 0.1) is 0 Å². The molecule has 1 aromatic rings. The molecule has 2 heterocycles. The fourth-order valence-electron chi connectivity index (χ4n) is 2.60. The van der Waals surface area contributed by atoms with Crippen LogP contribution in [-0.2, 0) is 11.2 Å². The Balaban J connectivity index is 2.11. The van der Waals surface area contributed by atoms with Crippen molar-refractivity contribution < 1.29 is 9.53 Å². The fourth-order valence-corrected chi connectivity index (χ4v) is 2.60. The van der Waals surface area contributed by atoms with Gasteiger partial charge in [0.15, 0.2) is 6.40 Å². The van der Waals surface area contributed by atoms with Crippen LogP contribution in [0.15, 0.2) is 33.8 Å². The highest BCUT2D eigenvalue weighted by atomic mass is 16.5. The van der Waals surface area contributed by atoms with E-state index in [9.17, 15) is 4.79 Å². The SMILES string of the molecule is O=C1N=CC=C2Cc3c4c(ccc3=C12)=CN=CO4. The summed E-state index contributed by atoms with van der Waals surface area (Å²) in [5.74, 6) is 0.637. The third-order valence-corrected chi connectivity index (χ3v) is 3.38. The molecule has 0 unspecified atom stereocenters. The monoisotopic (exact) mass is 236 g/mol. The minimum absolute atomic E-state index is 0.167. The van der Waals surface area contributed by atoms with E-state index >= 15 is 0 Å². The minimum atomic E-state index is -0.167. The zero-order valence-corrected chi connectivity index (χ0v) is 9.38. The molecule has 2 aliphatic heterocycles. The molecule has 3 aliphatic rings. The van der Waals surface area contributed by atoms with Crippen molar-refractivity contribution in [3.8, 4) is 5.75 Å². The van der Waals surface area contributed by atoms with Crippen LogP contribution in [0.4, 0.5) is 0 Å². The Morgan fingerprint density at radius 2 is 2.22 bits per heavy atom. The Bertz CT molecular complexity index is 798. The van der Waals surface area contributed by atoms with Gasteiger partial charge in [-0.15, -0.1) is 0 Å². The summed E-state index contributed by atoms with van der Waals surface area (Å²) in [6, 6.07) is 3.87. The molecule has 0 N–H and O–H groups in total. The van der Waals surface area contributed by atoms with Gasteiger partial charge >= 0.3 is 0 Å². The van der Waals surface area contributed by atoms with Gasteiger partial charge in [0.05, 0.1) is 5.57 Å². The van der Waals surface area contributed by atoms with Crippen molar-refractivity contribution >= 4 is 30.3 Å². The van der Waals surface area contributed by atoms with Crippen molar-refractivity contribution in [2.75, 3.05) is 0 Å². The van der Waals surface area contributed by atoms with Crippen LogP contribution in [-0.4, -0.2) is 18.5 Å². The highest BCUT2D eigenvalue weighted by Crippen LogP contribution is 2.28.